The van der Waals surface area contributed by atoms with Crippen molar-refractivity contribution in [2.75, 3.05) is 13.1 Å². The van der Waals surface area contributed by atoms with Gasteiger partial charge >= 0.3 is 0 Å². The van der Waals surface area contributed by atoms with Crippen LogP contribution in [0.1, 0.15) is 44.2 Å². The molecule has 1 aromatic heterocycles. The molecule has 0 spiro atoms. The molecule has 27 heavy (non-hydrogen) atoms. The predicted molar refractivity (Wildman–Crippen MR) is 106 cm³/mol. The molecule has 6 nitrogen and oxygen atoms in total. The van der Waals surface area contributed by atoms with Gasteiger partial charge in [0.05, 0.1) is 6.54 Å². The van der Waals surface area contributed by atoms with E-state index in [0.717, 1.165) is 38.9 Å². The summed E-state index contributed by atoms with van der Waals surface area (Å²) in [4.78, 5) is 18.6. The van der Waals surface area contributed by atoms with Crippen molar-refractivity contribution < 1.29 is 4.79 Å². The van der Waals surface area contributed by atoms with Crippen molar-refractivity contribution in [3.05, 3.63) is 48.0 Å². The Labute approximate surface area is 162 Å². The smallest absolute Gasteiger partial charge is 0.222 e. The Balaban J connectivity index is 1.43. The first-order valence-corrected chi connectivity index (χ1v) is 10.0. The van der Waals surface area contributed by atoms with E-state index < -0.39 is 0 Å². The monoisotopic (exact) mass is 369 g/mol. The third kappa shape index (κ3) is 6.47. The topological polar surface area (TPSA) is 63.1 Å². The molecule has 1 aromatic carbocycles. The van der Waals surface area contributed by atoms with Crippen molar-refractivity contribution in [2.45, 2.75) is 58.7 Å². The van der Waals surface area contributed by atoms with E-state index >= 15 is 0 Å². The number of nitrogens with one attached hydrogen (secondary N) is 1. The van der Waals surface area contributed by atoms with Gasteiger partial charge in [-0.05, 0) is 42.9 Å². The molecule has 2 heterocycles. The van der Waals surface area contributed by atoms with Crippen molar-refractivity contribution >= 4 is 5.91 Å². The summed E-state index contributed by atoms with van der Waals surface area (Å²) >= 11 is 0. The van der Waals surface area contributed by atoms with E-state index in [1.807, 2.05) is 0 Å². The number of amides is 1. The number of hydrogen-bond acceptors (Lipinski definition) is 4. The van der Waals surface area contributed by atoms with Crippen LogP contribution in [0, 0.1) is 5.92 Å². The minimum absolute atomic E-state index is 0.0930. The van der Waals surface area contributed by atoms with Gasteiger partial charge in [0.2, 0.25) is 5.91 Å². The van der Waals surface area contributed by atoms with Gasteiger partial charge < -0.3 is 5.32 Å². The Bertz CT molecular complexity index is 696. The standard InChI is InChI=1S/C21H31N5O/c1-17(2)12-18-5-7-19(8-6-18)13-25-10-3-4-20(14-25)24-21(27)9-11-26-16-22-15-23-26/h5-8,15-17,20H,3-4,9-14H2,1-2H3,(H,24,27)/t20-/m1/s1. The summed E-state index contributed by atoms with van der Waals surface area (Å²) in [6.45, 7) is 8.05. The summed E-state index contributed by atoms with van der Waals surface area (Å²) in [5, 5.41) is 7.22. The van der Waals surface area contributed by atoms with Gasteiger partial charge in [-0.3, -0.25) is 14.4 Å². The van der Waals surface area contributed by atoms with Crippen molar-refractivity contribution in [2.24, 2.45) is 5.92 Å². The van der Waals surface area contributed by atoms with Crippen LogP contribution in [0.15, 0.2) is 36.9 Å². The highest BCUT2D eigenvalue weighted by Gasteiger charge is 2.21. The van der Waals surface area contributed by atoms with E-state index in [1.165, 1.54) is 17.5 Å². The fourth-order valence-corrected chi connectivity index (χ4v) is 3.69. The maximum Gasteiger partial charge on any atom is 0.222 e. The highest BCUT2D eigenvalue weighted by molar-refractivity contribution is 5.76. The number of aromatic nitrogens is 3. The van der Waals surface area contributed by atoms with Gasteiger partial charge in [-0.25, -0.2) is 4.98 Å². The molecule has 146 valence electrons. The Morgan fingerprint density at radius 3 is 2.74 bits per heavy atom. The molecule has 2 aromatic rings. The van der Waals surface area contributed by atoms with Crippen LogP contribution in [0.25, 0.3) is 0 Å². The van der Waals surface area contributed by atoms with Crippen LogP contribution in [0.4, 0.5) is 0 Å². The van der Waals surface area contributed by atoms with E-state index in [1.54, 1.807) is 11.0 Å². The normalized spacial score (nSPS) is 18.0. The molecular formula is C21H31N5O. The maximum absolute atomic E-state index is 12.2. The summed E-state index contributed by atoms with van der Waals surface area (Å²) in [6, 6.07) is 9.24. The summed E-state index contributed by atoms with van der Waals surface area (Å²) in [5.41, 5.74) is 2.76. The van der Waals surface area contributed by atoms with Crippen molar-refractivity contribution in [3.8, 4) is 0 Å². The second kappa shape index (κ2) is 9.65. The van der Waals surface area contributed by atoms with Crippen molar-refractivity contribution in [1.29, 1.82) is 0 Å². The quantitative estimate of drug-likeness (QED) is 0.777. The van der Waals surface area contributed by atoms with Gasteiger partial charge in [0.25, 0.3) is 0 Å². The SMILES string of the molecule is CC(C)Cc1ccc(CN2CCC[C@@H](NC(=O)CCn3cncn3)C2)cc1. The summed E-state index contributed by atoms with van der Waals surface area (Å²) < 4.78 is 1.69. The van der Waals surface area contributed by atoms with E-state index in [2.05, 4.69) is 58.4 Å². The number of nitrogens with zero attached hydrogens (tertiary/aromatic N) is 4. The zero-order valence-electron chi connectivity index (χ0n) is 16.5. The van der Waals surface area contributed by atoms with Gasteiger partial charge in [-0.2, -0.15) is 5.10 Å². The molecule has 1 amide bonds. The largest absolute Gasteiger partial charge is 0.352 e. The van der Waals surface area contributed by atoms with Crippen LogP contribution in [0.5, 0.6) is 0 Å². The average Bonchev–Trinajstić information content (AvgIpc) is 3.15. The molecule has 0 unspecified atom stereocenters. The Morgan fingerprint density at radius 2 is 2.04 bits per heavy atom. The van der Waals surface area contributed by atoms with Gasteiger partial charge in [0.1, 0.15) is 12.7 Å². The lowest BCUT2D eigenvalue weighted by Crippen LogP contribution is -2.47. The van der Waals surface area contributed by atoms with E-state index in [-0.39, 0.29) is 11.9 Å². The van der Waals surface area contributed by atoms with E-state index in [9.17, 15) is 4.79 Å². The number of likely N-dealkylation sites (tertiary alicyclic amines) is 1. The molecule has 1 aliphatic heterocycles. The minimum atomic E-state index is 0.0930. The number of piperidine rings is 1. The molecule has 1 aliphatic rings. The third-order valence-electron chi connectivity index (χ3n) is 4.98. The lowest BCUT2D eigenvalue weighted by Gasteiger charge is -2.33. The maximum atomic E-state index is 12.2. The lowest BCUT2D eigenvalue weighted by atomic mass is 10.0. The zero-order valence-corrected chi connectivity index (χ0v) is 16.5. The van der Waals surface area contributed by atoms with Gasteiger partial charge in [-0.15, -0.1) is 0 Å². The lowest BCUT2D eigenvalue weighted by molar-refractivity contribution is -0.122. The van der Waals surface area contributed by atoms with Crippen LogP contribution < -0.4 is 5.32 Å². The Hall–Kier alpha value is -2.21. The number of rotatable bonds is 8. The highest BCUT2D eigenvalue weighted by Crippen LogP contribution is 2.16. The Kier molecular flexibility index (Phi) is 6.98. The fraction of sp³-hybridized carbons (Fsp3) is 0.571. The first kappa shape index (κ1) is 19.5. The summed E-state index contributed by atoms with van der Waals surface area (Å²) in [5.74, 6) is 0.780. The van der Waals surface area contributed by atoms with Crippen LogP contribution in [-0.4, -0.2) is 44.7 Å². The summed E-state index contributed by atoms with van der Waals surface area (Å²) in [7, 11) is 0. The molecule has 3 rings (SSSR count). The molecule has 1 fully saturated rings. The molecule has 0 aliphatic carbocycles. The van der Waals surface area contributed by atoms with Crippen LogP contribution in [0.3, 0.4) is 0 Å². The van der Waals surface area contributed by atoms with E-state index in [0.29, 0.717) is 18.9 Å². The van der Waals surface area contributed by atoms with Gasteiger partial charge in [0, 0.05) is 25.6 Å². The second-order valence-electron chi connectivity index (χ2n) is 7.96. The zero-order chi connectivity index (χ0) is 19.1. The van der Waals surface area contributed by atoms with Gasteiger partial charge in [-0.1, -0.05) is 38.1 Å². The molecule has 6 heteroatoms. The van der Waals surface area contributed by atoms with Crippen LogP contribution >= 0.6 is 0 Å². The van der Waals surface area contributed by atoms with Gasteiger partial charge in [0.15, 0.2) is 0 Å². The molecule has 0 bridgehead atoms. The molecule has 1 saturated heterocycles. The average molecular weight is 370 g/mol. The van der Waals surface area contributed by atoms with Crippen molar-refractivity contribution in [1.82, 2.24) is 25.0 Å². The number of aryl methyl sites for hydroxylation is 1. The minimum Gasteiger partial charge on any atom is -0.352 e. The molecule has 1 atom stereocenters. The first-order chi connectivity index (χ1) is 13.1. The summed E-state index contributed by atoms with van der Waals surface area (Å²) in [6.07, 6.45) is 6.89. The number of carbonyl (C=O) groups excluding carboxylic acids is 1. The molecule has 0 radical (unpaired) electrons. The first-order valence-electron chi connectivity index (χ1n) is 10.0. The van der Waals surface area contributed by atoms with E-state index in [4.69, 9.17) is 0 Å². The molecular weight excluding hydrogens is 338 g/mol. The molecule has 1 N–H and O–H groups in total. The molecule has 0 saturated carbocycles. The van der Waals surface area contributed by atoms with Crippen LogP contribution in [0.2, 0.25) is 0 Å². The Morgan fingerprint density at radius 1 is 1.26 bits per heavy atom. The fourth-order valence-electron chi connectivity index (χ4n) is 3.69. The highest BCUT2D eigenvalue weighted by atomic mass is 16.1. The predicted octanol–water partition coefficient (Wildman–Crippen LogP) is 2.65. The number of hydrogen-bond donors (Lipinski definition) is 1. The number of benzene rings is 1. The van der Waals surface area contributed by atoms with Crippen molar-refractivity contribution in [3.63, 3.8) is 0 Å². The second-order valence-corrected chi connectivity index (χ2v) is 7.96. The van der Waals surface area contributed by atoms with Crippen LogP contribution in [-0.2, 0) is 24.3 Å². The third-order valence-corrected chi connectivity index (χ3v) is 4.98. The number of carbonyl (C=O) groups is 1.